The molecule has 27 heavy (non-hydrogen) atoms. The lowest BCUT2D eigenvalue weighted by Crippen LogP contribution is -2.57. The van der Waals surface area contributed by atoms with Crippen molar-refractivity contribution in [2.24, 2.45) is 0 Å². The minimum atomic E-state index is 0.0480. The number of piperidine rings is 1. The van der Waals surface area contributed by atoms with Crippen molar-refractivity contribution >= 4 is 34.2 Å². The topological polar surface area (TPSA) is 85.8 Å². The second kappa shape index (κ2) is 7.93. The van der Waals surface area contributed by atoms with Crippen LogP contribution in [-0.4, -0.2) is 77.8 Å². The van der Waals surface area contributed by atoms with E-state index in [0.717, 1.165) is 38.0 Å². The molecule has 1 atom stereocenters. The molecule has 1 aromatic heterocycles. The number of carbonyl (C=O) groups is 3. The molecule has 0 radical (unpaired) electrons. The Hall–Kier alpha value is -2.00. The highest BCUT2D eigenvalue weighted by Crippen LogP contribution is 2.26. The van der Waals surface area contributed by atoms with Crippen LogP contribution in [0.2, 0.25) is 0 Å². The number of amides is 3. The molecule has 4 rings (SSSR count). The first-order chi connectivity index (χ1) is 13.1. The molecule has 1 N–H and O–H groups in total. The first-order valence-corrected chi connectivity index (χ1v) is 10.5. The van der Waals surface area contributed by atoms with Gasteiger partial charge in [0, 0.05) is 50.6 Å². The molecule has 0 aliphatic carbocycles. The molecule has 146 valence electrons. The van der Waals surface area contributed by atoms with E-state index in [0.29, 0.717) is 37.7 Å². The van der Waals surface area contributed by atoms with E-state index in [4.69, 9.17) is 0 Å². The van der Waals surface area contributed by atoms with Crippen molar-refractivity contribution in [3.05, 3.63) is 11.1 Å². The van der Waals surface area contributed by atoms with Gasteiger partial charge in [0.15, 0.2) is 5.13 Å². The predicted molar refractivity (Wildman–Crippen MR) is 102 cm³/mol. The molecule has 0 saturated carbocycles. The van der Waals surface area contributed by atoms with E-state index < -0.39 is 0 Å². The highest BCUT2D eigenvalue weighted by atomic mass is 32.1. The van der Waals surface area contributed by atoms with E-state index in [-0.39, 0.29) is 30.2 Å². The first-order valence-electron chi connectivity index (χ1n) is 9.64. The van der Waals surface area contributed by atoms with Gasteiger partial charge in [-0.05, 0) is 19.3 Å². The number of nitrogens with one attached hydrogen (secondary N) is 1. The van der Waals surface area contributed by atoms with Crippen molar-refractivity contribution in [2.45, 2.75) is 38.1 Å². The number of aromatic nitrogens is 1. The van der Waals surface area contributed by atoms with E-state index in [9.17, 15) is 14.4 Å². The number of likely N-dealkylation sites (tertiary alicyclic amines) is 1. The lowest BCUT2D eigenvalue weighted by molar-refractivity contribution is -0.140. The molecule has 9 heteroatoms. The maximum absolute atomic E-state index is 12.8. The third kappa shape index (κ3) is 3.98. The van der Waals surface area contributed by atoms with Gasteiger partial charge in [0.2, 0.25) is 17.7 Å². The van der Waals surface area contributed by atoms with Gasteiger partial charge in [-0.25, -0.2) is 4.98 Å². The average molecular weight is 391 g/mol. The molecule has 0 aromatic carbocycles. The van der Waals surface area contributed by atoms with Crippen LogP contribution in [0.5, 0.6) is 0 Å². The summed E-state index contributed by atoms with van der Waals surface area (Å²) in [4.78, 5) is 46.8. The number of hydrogen-bond donors (Lipinski definition) is 1. The Kier molecular flexibility index (Phi) is 5.40. The van der Waals surface area contributed by atoms with Gasteiger partial charge in [0.1, 0.15) is 0 Å². The minimum Gasteiger partial charge on any atom is -0.340 e. The average Bonchev–Trinajstić information content (AvgIpc) is 3.31. The molecule has 3 amide bonds. The second-order valence-electron chi connectivity index (χ2n) is 7.35. The van der Waals surface area contributed by atoms with Gasteiger partial charge in [-0.1, -0.05) is 0 Å². The zero-order chi connectivity index (χ0) is 18.8. The number of thiazole rings is 1. The van der Waals surface area contributed by atoms with E-state index in [1.807, 2.05) is 15.2 Å². The number of hydrogen-bond acceptors (Lipinski definition) is 6. The van der Waals surface area contributed by atoms with Crippen LogP contribution in [0, 0.1) is 0 Å². The van der Waals surface area contributed by atoms with Crippen molar-refractivity contribution in [3.63, 3.8) is 0 Å². The molecule has 0 spiro atoms. The fourth-order valence-electron chi connectivity index (χ4n) is 4.06. The van der Waals surface area contributed by atoms with Gasteiger partial charge in [-0.3, -0.25) is 19.3 Å². The number of nitrogens with zero attached hydrogens (tertiary/aromatic N) is 4. The Bertz CT molecular complexity index is 736. The van der Waals surface area contributed by atoms with Gasteiger partial charge in [0.05, 0.1) is 18.7 Å². The fourth-order valence-corrected chi connectivity index (χ4v) is 4.93. The monoisotopic (exact) mass is 391 g/mol. The molecule has 3 aliphatic heterocycles. The van der Waals surface area contributed by atoms with Crippen LogP contribution >= 0.6 is 11.3 Å². The molecule has 3 fully saturated rings. The van der Waals surface area contributed by atoms with Crippen molar-refractivity contribution in [3.8, 4) is 0 Å². The van der Waals surface area contributed by atoms with Crippen molar-refractivity contribution in [1.82, 2.24) is 20.1 Å². The Morgan fingerprint density at radius 2 is 2.11 bits per heavy atom. The maximum atomic E-state index is 12.8. The zero-order valence-corrected chi connectivity index (χ0v) is 16.2. The van der Waals surface area contributed by atoms with Gasteiger partial charge in [-0.15, -0.1) is 11.3 Å². The fraction of sp³-hybridized carbons (Fsp3) is 0.667. The van der Waals surface area contributed by atoms with Crippen LogP contribution in [0.25, 0.3) is 0 Å². The molecular weight excluding hydrogens is 366 g/mol. The lowest BCUT2D eigenvalue weighted by atomic mass is 10.0. The largest absolute Gasteiger partial charge is 0.340 e. The quantitative estimate of drug-likeness (QED) is 0.794. The van der Waals surface area contributed by atoms with Gasteiger partial charge >= 0.3 is 0 Å². The third-order valence-corrected chi connectivity index (χ3v) is 6.40. The van der Waals surface area contributed by atoms with Crippen LogP contribution in [0.4, 0.5) is 5.13 Å². The van der Waals surface area contributed by atoms with Crippen LogP contribution in [0.1, 0.15) is 31.4 Å². The molecule has 1 aromatic rings. The summed E-state index contributed by atoms with van der Waals surface area (Å²) in [6.07, 6.45) is 3.56. The van der Waals surface area contributed by atoms with Crippen molar-refractivity contribution in [1.29, 1.82) is 0 Å². The van der Waals surface area contributed by atoms with E-state index in [1.54, 1.807) is 4.90 Å². The van der Waals surface area contributed by atoms with Crippen LogP contribution in [-0.2, 0) is 20.8 Å². The second-order valence-corrected chi connectivity index (χ2v) is 8.18. The van der Waals surface area contributed by atoms with Gasteiger partial charge in [0.25, 0.3) is 0 Å². The van der Waals surface area contributed by atoms with Crippen molar-refractivity contribution in [2.75, 3.05) is 44.2 Å². The Balaban J connectivity index is 1.36. The van der Waals surface area contributed by atoms with Gasteiger partial charge < -0.3 is 15.1 Å². The van der Waals surface area contributed by atoms with Crippen LogP contribution < -0.4 is 10.2 Å². The zero-order valence-electron chi connectivity index (χ0n) is 15.4. The summed E-state index contributed by atoms with van der Waals surface area (Å²) in [5.74, 6) is 0.286. The molecular formula is C18H25N5O3S. The Labute approximate surface area is 162 Å². The SMILES string of the molecule is O=C(Cc1csc(N2CCCC2=O)n1)N1CCCC(N2CCNCC2=O)C1. The highest BCUT2D eigenvalue weighted by Gasteiger charge is 2.32. The Morgan fingerprint density at radius 1 is 1.22 bits per heavy atom. The summed E-state index contributed by atoms with van der Waals surface area (Å²) in [7, 11) is 0. The number of piperazine rings is 1. The summed E-state index contributed by atoms with van der Waals surface area (Å²) >= 11 is 1.43. The molecule has 3 saturated heterocycles. The van der Waals surface area contributed by atoms with E-state index >= 15 is 0 Å². The summed E-state index contributed by atoms with van der Waals surface area (Å²) in [6, 6.07) is 0.116. The smallest absolute Gasteiger partial charge is 0.236 e. The predicted octanol–water partition coefficient (Wildman–Crippen LogP) is 0.235. The highest BCUT2D eigenvalue weighted by molar-refractivity contribution is 7.14. The van der Waals surface area contributed by atoms with Crippen LogP contribution in [0.15, 0.2) is 5.38 Å². The van der Waals surface area contributed by atoms with E-state index in [1.165, 1.54) is 11.3 Å². The van der Waals surface area contributed by atoms with Crippen LogP contribution in [0.3, 0.4) is 0 Å². The van der Waals surface area contributed by atoms with Gasteiger partial charge in [-0.2, -0.15) is 0 Å². The maximum Gasteiger partial charge on any atom is 0.236 e. The third-order valence-electron chi connectivity index (χ3n) is 5.49. The number of carbonyl (C=O) groups excluding carboxylic acids is 3. The summed E-state index contributed by atoms with van der Waals surface area (Å²) in [5, 5.41) is 5.66. The molecule has 3 aliphatic rings. The summed E-state index contributed by atoms with van der Waals surface area (Å²) < 4.78 is 0. The normalized spacial score (nSPS) is 24.0. The number of anilines is 1. The number of rotatable bonds is 4. The Morgan fingerprint density at radius 3 is 2.89 bits per heavy atom. The summed E-state index contributed by atoms with van der Waals surface area (Å²) in [6.45, 7) is 3.97. The molecule has 4 heterocycles. The first kappa shape index (κ1) is 18.4. The molecule has 0 bridgehead atoms. The standard InChI is InChI=1S/C18H25N5O3S/c24-15-4-2-7-23(15)18-20-13(12-27-18)9-16(25)21-6-1-3-14(11-21)22-8-5-19-10-17(22)26/h12,14,19H,1-11H2. The lowest BCUT2D eigenvalue weighted by Gasteiger charge is -2.41. The van der Waals surface area contributed by atoms with E-state index in [2.05, 4.69) is 10.3 Å². The molecule has 8 nitrogen and oxygen atoms in total. The van der Waals surface area contributed by atoms with Crippen molar-refractivity contribution < 1.29 is 14.4 Å². The summed E-state index contributed by atoms with van der Waals surface area (Å²) in [5.41, 5.74) is 0.722. The molecule has 1 unspecified atom stereocenters. The minimum absolute atomic E-state index is 0.0480.